The number of halogens is 5. The number of pyridine rings is 1. The van der Waals surface area contributed by atoms with E-state index in [0.29, 0.717) is 18.4 Å². The molecule has 4 nitrogen and oxygen atoms in total. The van der Waals surface area contributed by atoms with Gasteiger partial charge in [-0.05, 0) is 60.3 Å². The predicted molar refractivity (Wildman–Crippen MR) is 119 cm³/mol. The molecule has 0 atom stereocenters. The molecule has 0 saturated heterocycles. The van der Waals surface area contributed by atoms with Gasteiger partial charge >= 0.3 is 6.18 Å². The number of anilines is 2. The molecule has 33 heavy (non-hydrogen) atoms. The zero-order chi connectivity index (χ0) is 24.3. The zero-order valence-corrected chi connectivity index (χ0v) is 18.1. The Morgan fingerprint density at radius 3 is 2.58 bits per heavy atom. The van der Waals surface area contributed by atoms with Crippen molar-refractivity contribution >= 4 is 34.8 Å². The minimum atomic E-state index is -4.54. The van der Waals surface area contributed by atoms with E-state index in [1.165, 1.54) is 18.3 Å². The highest BCUT2D eigenvalue weighted by Gasteiger charge is 2.30. The first-order valence-electron chi connectivity index (χ1n) is 9.59. The number of allylic oxidation sites excluding steroid dienone is 1. The SMILES string of the molecule is C=C(C(=O)c1c(F)ccc(NSc2cccc(C(F)(F)F)c2)c1F)c1cc(CC)cnc1N. The van der Waals surface area contributed by atoms with Crippen molar-refractivity contribution in [3.05, 3.63) is 89.1 Å². The van der Waals surface area contributed by atoms with Crippen LogP contribution in [0.1, 0.15) is 34.0 Å². The molecule has 3 aromatic rings. The van der Waals surface area contributed by atoms with Gasteiger partial charge in [0, 0.05) is 22.2 Å². The van der Waals surface area contributed by atoms with Crippen molar-refractivity contribution in [3.8, 4) is 0 Å². The summed E-state index contributed by atoms with van der Waals surface area (Å²) < 4.78 is 70.7. The maximum absolute atomic E-state index is 15.1. The highest BCUT2D eigenvalue weighted by Crippen LogP contribution is 2.34. The maximum atomic E-state index is 15.1. The van der Waals surface area contributed by atoms with E-state index in [-0.39, 0.29) is 27.5 Å². The molecule has 1 aromatic heterocycles. The lowest BCUT2D eigenvalue weighted by atomic mass is 9.96. The molecular formula is C23H18F5N3OS. The fourth-order valence-electron chi connectivity index (χ4n) is 2.92. The second-order valence-corrected chi connectivity index (χ2v) is 7.83. The van der Waals surface area contributed by atoms with Crippen LogP contribution in [0.5, 0.6) is 0 Å². The Morgan fingerprint density at radius 2 is 1.91 bits per heavy atom. The third kappa shape index (κ3) is 5.33. The number of nitrogens with two attached hydrogens (primary N) is 1. The summed E-state index contributed by atoms with van der Waals surface area (Å²) in [5.41, 5.74) is 4.46. The molecule has 1 heterocycles. The van der Waals surface area contributed by atoms with E-state index in [4.69, 9.17) is 5.73 Å². The summed E-state index contributed by atoms with van der Waals surface area (Å²) >= 11 is 0.680. The van der Waals surface area contributed by atoms with Crippen molar-refractivity contribution in [1.29, 1.82) is 0 Å². The Balaban J connectivity index is 1.88. The molecular weight excluding hydrogens is 461 g/mol. The van der Waals surface area contributed by atoms with Gasteiger partial charge in [0.05, 0.1) is 16.8 Å². The van der Waals surface area contributed by atoms with Crippen LogP contribution in [0, 0.1) is 11.6 Å². The number of nitrogens with zero attached hydrogens (tertiary/aromatic N) is 1. The zero-order valence-electron chi connectivity index (χ0n) is 17.3. The number of aromatic nitrogens is 1. The Labute approximate surface area is 190 Å². The molecule has 2 aromatic carbocycles. The molecule has 0 bridgehead atoms. The lowest BCUT2D eigenvalue weighted by molar-refractivity contribution is -0.137. The minimum Gasteiger partial charge on any atom is -0.383 e. The van der Waals surface area contributed by atoms with Crippen LogP contribution in [0.4, 0.5) is 33.5 Å². The first-order chi connectivity index (χ1) is 15.5. The fraction of sp³-hybridized carbons (Fsp3) is 0.130. The van der Waals surface area contributed by atoms with Gasteiger partial charge in [0.15, 0.2) is 11.6 Å². The molecule has 172 valence electrons. The Bertz CT molecular complexity index is 1230. The summed E-state index contributed by atoms with van der Waals surface area (Å²) in [4.78, 5) is 17.0. The van der Waals surface area contributed by atoms with Crippen molar-refractivity contribution in [2.75, 3.05) is 10.5 Å². The van der Waals surface area contributed by atoms with E-state index < -0.39 is 34.7 Å². The minimum absolute atomic E-state index is 0.0132. The lowest BCUT2D eigenvalue weighted by Crippen LogP contribution is -2.11. The smallest absolute Gasteiger partial charge is 0.383 e. The Hall–Kier alpha value is -3.40. The van der Waals surface area contributed by atoms with Gasteiger partial charge in [-0.1, -0.05) is 19.6 Å². The van der Waals surface area contributed by atoms with Gasteiger partial charge in [0.1, 0.15) is 11.6 Å². The van der Waals surface area contributed by atoms with Crippen LogP contribution in [0.3, 0.4) is 0 Å². The number of Topliss-reactive ketones (excluding diaryl/α,β-unsaturated/α-hetero) is 1. The topological polar surface area (TPSA) is 68.0 Å². The summed E-state index contributed by atoms with van der Waals surface area (Å²) in [5.74, 6) is -3.37. The van der Waals surface area contributed by atoms with E-state index >= 15 is 4.39 Å². The van der Waals surface area contributed by atoms with Crippen molar-refractivity contribution in [3.63, 3.8) is 0 Å². The number of ketones is 1. The van der Waals surface area contributed by atoms with E-state index in [2.05, 4.69) is 16.3 Å². The van der Waals surface area contributed by atoms with Crippen molar-refractivity contribution < 1.29 is 26.7 Å². The van der Waals surface area contributed by atoms with E-state index in [1.54, 1.807) is 6.07 Å². The number of rotatable bonds is 7. The quantitative estimate of drug-likeness (QED) is 0.174. The predicted octanol–water partition coefficient (Wildman–Crippen LogP) is 6.54. The van der Waals surface area contributed by atoms with Crippen molar-refractivity contribution in [1.82, 2.24) is 4.98 Å². The van der Waals surface area contributed by atoms with Crippen LogP contribution >= 0.6 is 11.9 Å². The monoisotopic (exact) mass is 479 g/mol. The maximum Gasteiger partial charge on any atom is 0.416 e. The molecule has 0 saturated carbocycles. The molecule has 0 aliphatic rings. The highest BCUT2D eigenvalue weighted by molar-refractivity contribution is 8.00. The highest BCUT2D eigenvalue weighted by atomic mass is 32.2. The average Bonchev–Trinajstić information content (AvgIpc) is 2.78. The second kappa shape index (κ2) is 9.62. The number of carbonyl (C=O) groups excluding carboxylic acids is 1. The number of nitrogen functional groups attached to an aromatic ring is 1. The van der Waals surface area contributed by atoms with Crippen molar-refractivity contribution in [2.24, 2.45) is 0 Å². The van der Waals surface area contributed by atoms with Crippen LogP contribution in [0.15, 0.2) is 60.1 Å². The number of hydrogen-bond acceptors (Lipinski definition) is 5. The van der Waals surface area contributed by atoms with Gasteiger partial charge in [0.2, 0.25) is 0 Å². The standard InChI is InChI=1S/C23H18F5N3OS/c1-3-13-9-16(22(29)30-11-13)12(2)21(32)19-17(24)7-8-18(20(19)25)31-33-15-6-4-5-14(10-15)23(26,27)28/h4-11,31H,2-3H2,1H3,(H2,29,30). The second-order valence-electron chi connectivity index (χ2n) is 6.95. The van der Waals surface area contributed by atoms with Crippen molar-refractivity contribution in [2.45, 2.75) is 24.4 Å². The normalized spacial score (nSPS) is 11.3. The van der Waals surface area contributed by atoms with E-state index in [1.807, 2.05) is 6.92 Å². The van der Waals surface area contributed by atoms with Gasteiger partial charge in [-0.3, -0.25) is 4.79 Å². The summed E-state index contributed by atoms with van der Waals surface area (Å²) in [5, 5.41) is 0. The molecule has 0 radical (unpaired) electrons. The molecule has 0 amide bonds. The van der Waals surface area contributed by atoms with Crippen LogP contribution in [0.25, 0.3) is 5.57 Å². The van der Waals surface area contributed by atoms with Gasteiger partial charge in [-0.15, -0.1) is 0 Å². The van der Waals surface area contributed by atoms with Gasteiger partial charge in [0.25, 0.3) is 0 Å². The number of hydrogen-bond donors (Lipinski definition) is 2. The Kier molecular flexibility index (Phi) is 7.06. The summed E-state index contributed by atoms with van der Waals surface area (Å²) in [6, 6.07) is 7.86. The first kappa shape index (κ1) is 24.2. The lowest BCUT2D eigenvalue weighted by Gasteiger charge is -2.13. The van der Waals surface area contributed by atoms with Gasteiger partial charge in [-0.25, -0.2) is 13.8 Å². The third-order valence-electron chi connectivity index (χ3n) is 4.74. The molecule has 3 rings (SSSR count). The molecule has 0 aliphatic heterocycles. The largest absolute Gasteiger partial charge is 0.416 e. The van der Waals surface area contributed by atoms with Gasteiger partial charge < -0.3 is 10.5 Å². The molecule has 0 spiro atoms. The number of carbonyl (C=O) groups is 1. The number of aryl methyl sites for hydroxylation is 1. The van der Waals surface area contributed by atoms with E-state index in [0.717, 1.165) is 29.8 Å². The number of nitrogens with one attached hydrogen (secondary N) is 1. The molecule has 0 aliphatic carbocycles. The van der Waals surface area contributed by atoms with Crippen LogP contribution in [-0.2, 0) is 12.6 Å². The van der Waals surface area contributed by atoms with Crippen LogP contribution in [-0.4, -0.2) is 10.8 Å². The molecule has 3 N–H and O–H groups in total. The summed E-state index contributed by atoms with van der Waals surface area (Å²) in [6.07, 6.45) is -2.42. The third-order valence-corrected chi connectivity index (χ3v) is 5.55. The number of alkyl halides is 3. The molecule has 10 heteroatoms. The average molecular weight is 479 g/mol. The van der Waals surface area contributed by atoms with Crippen LogP contribution in [0.2, 0.25) is 0 Å². The molecule has 0 fully saturated rings. The van der Waals surface area contributed by atoms with E-state index in [9.17, 15) is 22.4 Å². The number of benzene rings is 2. The van der Waals surface area contributed by atoms with Gasteiger partial charge in [-0.2, -0.15) is 13.2 Å². The first-order valence-corrected chi connectivity index (χ1v) is 10.4. The van der Waals surface area contributed by atoms with Crippen LogP contribution < -0.4 is 10.5 Å². The Morgan fingerprint density at radius 1 is 1.18 bits per heavy atom. The fourth-order valence-corrected chi connectivity index (χ4v) is 3.63. The summed E-state index contributed by atoms with van der Waals surface area (Å²) in [7, 11) is 0. The summed E-state index contributed by atoms with van der Waals surface area (Å²) in [6.45, 7) is 5.50. The molecule has 0 unspecified atom stereocenters.